The van der Waals surface area contributed by atoms with Crippen LogP contribution in [0.3, 0.4) is 0 Å². The summed E-state index contributed by atoms with van der Waals surface area (Å²) in [7, 11) is 18.9. The molecule has 0 saturated heterocycles. The van der Waals surface area contributed by atoms with E-state index in [9.17, 15) is 0 Å². The van der Waals surface area contributed by atoms with Gasteiger partial charge in [0.15, 0.2) is 0 Å². The van der Waals surface area contributed by atoms with Crippen molar-refractivity contribution >= 4 is 24.3 Å². The Morgan fingerprint density at radius 3 is 0.667 bits per heavy atom. The van der Waals surface area contributed by atoms with Gasteiger partial charge in [-0.05, 0) is 149 Å². The zero-order valence-corrected chi connectivity index (χ0v) is 54.1. The second kappa shape index (κ2) is 43.0. The molecule has 0 aliphatic carbocycles. The largest absolute Gasteiger partial charge is 0.493 e. The molecule has 3 aromatic rings. The lowest BCUT2D eigenvalue weighted by Crippen LogP contribution is -2.41. The van der Waals surface area contributed by atoms with E-state index in [2.05, 4.69) is 169 Å². The first kappa shape index (κ1) is 72.2. The SMILES string of the molecule is CC.CC.CCCCC[N+](C)(C)CCCCOc1cc(/C=C/c2ccc(/C=C/c3cc(OCCCC[N+](C)(C)CCCCC)cc(OCCCC[N+](C)(C)CCCCC)c3)cc2)cc(OCCCC[N+](C)(C)CCCCC)c1. The number of quaternary nitrogens is 4. The molecule has 446 valence electrons. The summed E-state index contributed by atoms with van der Waals surface area (Å²) in [5.74, 6) is 3.52. The molecule has 0 aromatic heterocycles. The van der Waals surface area contributed by atoms with Gasteiger partial charge in [0.25, 0.3) is 0 Å². The molecule has 0 unspecified atom stereocenters. The van der Waals surface area contributed by atoms with Gasteiger partial charge < -0.3 is 36.9 Å². The van der Waals surface area contributed by atoms with Crippen LogP contribution < -0.4 is 18.9 Å². The van der Waals surface area contributed by atoms with Crippen molar-refractivity contribution < 1.29 is 36.9 Å². The molecule has 0 N–H and O–H groups in total. The highest BCUT2D eigenvalue weighted by atomic mass is 16.5. The molecule has 0 aliphatic rings. The van der Waals surface area contributed by atoms with Crippen molar-refractivity contribution in [1.29, 1.82) is 0 Å². The second-order valence-electron chi connectivity index (χ2n) is 24.4. The van der Waals surface area contributed by atoms with E-state index in [-0.39, 0.29) is 0 Å². The van der Waals surface area contributed by atoms with Crippen LogP contribution >= 0.6 is 0 Å². The van der Waals surface area contributed by atoms with Crippen LogP contribution in [0.2, 0.25) is 0 Å². The van der Waals surface area contributed by atoms with E-state index in [1.165, 1.54) is 129 Å². The number of hydrogen-bond acceptors (Lipinski definition) is 4. The van der Waals surface area contributed by atoms with E-state index in [0.29, 0.717) is 26.4 Å². The molecule has 0 amide bonds. The van der Waals surface area contributed by atoms with Crippen molar-refractivity contribution in [3.8, 4) is 23.0 Å². The molecule has 0 spiro atoms. The lowest BCUT2D eigenvalue weighted by atomic mass is 10.1. The molecule has 0 atom stereocenters. The molecule has 8 nitrogen and oxygen atoms in total. The number of benzene rings is 3. The zero-order chi connectivity index (χ0) is 58.0. The first-order chi connectivity index (χ1) is 37.5. The first-order valence-corrected chi connectivity index (χ1v) is 32.0. The Hall–Kier alpha value is -3.82. The maximum atomic E-state index is 6.43. The minimum Gasteiger partial charge on any atom is -0.493 e. The summed E-state index contributed by atoms with van der Waals surface area (Å²) in [6, 6.07) is 21.6. The van der Waals surface area contributed by atoms with E-state index in [4.69, 9.17) is 18.9 Å². The summed E-state index contributed by atoms with van der Waals surface area (Å²) in [5.41, 5.74) is 4.46. The maximum Gasteiger partial charge on any atom is 0.123 e. The van der Waals surface area contributed by atoms with Crippen LogP contribution in [0.1, 0.15) is 206 Å². The lowest BCUT2D eigenvalue weighted by Gasteiger charge is -2.30. The molecule has 0 heterocycles. The fourth-order valence-electron chi connectivity index (χ4n) is 9.75. The first-order valence-electron chi connectivity index (χ1n) is 32.0. The number of unbranched alkanes of at least 4 members (excludes halogenated alkanes) is 12. The third-order valence-corrected chi connectivity index (χ3v) is 14.9. The summed E-state index contributed by atoms with van der Waals surface area (Å²) < 4.78 is 30.0. The third-order valence-electron chi connectivity index (χ3n) is 14.9. The number of ether oxygens (including phenoxy) is 4. The molecule has 0 radical (unpaired) electrons. The summed E-state index contributed by atoms with van der Waals surface area (Å²) in [6.45, 7) is 29.7. The van der Waals surface area contributed by atoms with Gasteiger partial charge in [0.1, 0.15) is 23.0 Å². The Balaban J connectivity index is 0.00000742. The predicted octanol–water partition coefficient (Wildman–Crippen LogP) is 17.8. The van der Waals surface area contributed by atoms with Crippen molar-refractivity contribution in [2.45, 2.75) is 184 Å². The van der Waals surface area contributed by atoms with E-state index in [0.717, 1.165) is 115 Å². The van der Waals surface area contributed by atoms with Gasteiger partial charge in [-0.3, -0.25) is 0 Å². The predicted molar refractivity (Wildman–Crippen MR) is 344 cm³/mol. The monoisotopic (exact) mass is 1090 g/mol. The fourth-order valence-corrected chi connectivity index (χ4v) is 9.75. The molecule has 3 rings (SSSR count). The van der Waals surface area contributed by atoms with Gasteiger partial charge in [0.05, 0.1) is 135 Å². The molecule has 8 heteroatoms. The normalized spacial score (nSPS) is 12.1. The van der Waals surface area contributed by atoms with Crippen molar-refractivity contribution in [3.05, 3.63) is 82.9 Å². The number of hydrogen-bond donors (Lipinski definition) is 0. The van der Waals surface area contributed by atoms with Crippen LogP contribution in [-0.4, -0.2) is 153 Å². The Labute approximate surface area is 483 Å². The minimum absolute atomic E-state index is 0.710. The van der Waals surface area contributed by atoms with Gasteiger partial charge in [-0.25, -0.2) is 0 Å². The van der Waals surface area contributed by atoms with Crippen molar-refractivity contribution in [1.82, 2.24) is 0 Å². The lowest BCUT2D eigenvalue weighted by molar-refractivity contribution is -0.890. The average molecular weight is 1090 g/mol. The van der Waals surface area contributed by atoms with Crippen LogP contribution in [-0.2, 0) is 0 Å². The van der Waals surface area contributed by atoms with Gasteiger partial charge in [-0.1, -0.05) is 130 Å². The molecule has 0 fully saturated rings. The third kappa shape index (κ3) is 36.4. The Bertz CT molecular complexity index is 1730. The molecule has 0 aliphatic heterocycles. The van der Waals surface area contributed by atoms with Crippen LogP contribution in [0, 0.1) is 0 Å². The van der Waals surface area contributed by atoms with Crippen LogP contribution in [0.15, 0.2) is 60.7 Å². The van der Waals surface area contributed by atoms with Crippen LogP contribution in [0.25, 0.3) is 24.3 Å². The molecule has 0 saturated carbocycles. The number of rotatable bonds is 44. The Morgan fingerprint density at radius 2 is 0.462 bits per heavy atom. The topological polar surface area (TPSA) is 36.9 Å². The molecular weight excluding hydrogens is 961 g/mol. The van der Waals surface area contributed by atoms with Gasteiger partial charge >= 0.3 is 0 Å². The summed E-state index contributed by atoms with van der Waals surface area (Å²) >= 11 is 0. The van der Waals surface area contributed by atoms with Gasteiger partial charge in [0.2, 0.25) is 0 Å². The summed E-state index contributed by atoms with van der Waals surface area (Å²) in [5, 5.41) is 0. The van der Waals surface area contributed by atoms with E-state index in [1.807, 2.05) is 27.7 Å². The molecule has 0 bridgehead atoms. The standard InChI is InChI=1S/C66H114N4O4.2C2H6/c1-13-17-21-41-67(5,6)45-25-29-49-71-63-53-61(54-64(57-63)72-50-30-26-46-68(7,8)42-22-18-14-2)39-37-59-33-35-60(36-34-59)38-40-62-55-65(73-51-31-27-47-69(9,10)43-23-19-15-3)58-66(56-62)74-52-32-28-48-70(11,12)44-24-20-16-4;2*1-2/h33-40,53-58H,13-32,41-52H2,1-12H3;2*1-2H3/q+4;;/b39-37+,40-38+;;. The molecule has 3 aromatic carbocycles. The van der Waals surface area contributed by atoms with E-state index >= 15 is 0 Å². The van der Waals surface area contributed by atoms with Gasteiger partial charge in [0, 0.05) is 12.1 Å². The van der Waals surface area contributed by atoms with E-state index in [1.54, 1.807) is 0 Å². The highest BCUT2D eigenvalue weighted by molar-refractivity contribution is 5.74. The average Bonchev–Trinajstić information content (AvgIpc) is 3.40. The van der Waals surface area contributed by atoms with Crippen molar-refractivity contribution in [2.24, 2.45) is 0 Å². The Kier molecular flexibility index (Phi) is 39.8. The fraction of sp³-hybridized carbons (Fsp3) is 0.686. The molecule has 78 heavy (non-hydrogen) atoms. The smallest absolute Gasteiger partial charge is 0.123 e. The minimum atomic E-state index is 0.710. The Morgan fingerprint density at radius 1 is 0.269 bits per heavy atom. The highest BCUT2D eigenvalue weighted by Crippen LogP contribution is 2.28. The maximum absolute atomic E-state index is 6.43. The van der Waals surface area contributed by atoms with Gasteiger partial charge in [-0.2, -0.15) is 0 Å². The van der Waals surface area contributed by atoms with Crippen LogP contribution in [0.5, 0.6) is 23.0 Å². The summed E-state index contributed by atoms with van der Waals surface area (Å²) in [4.78, 5) is 0. The second-order valence-corrected chi connectivity index (χ2v) is 24.4. The number of nitrogens with zero attached hydrogens (tertiary/aromatic N) is 4. The van der Waals surface area contributed by atoms with Crippen LogP contribution in [0.4, 0.5) is 0 Å². The summed E-state index contributed by atoms with van der Waals surface area (Å²) in [6.07, 6.45) is 33.1. The van der Waals surface area contributed by atoms with E-state index < -0.39 is 0 Å². The quantitative estimate of drug-likeness (QED) is 0.0321. The van der Waals surface area contributed by atoms with Crippen molar-refractivity contribution in [3.63, 3.8) is 0 Å². The van der Waals surface area contributed by atoms with Gasteiger partial charge in [-0.15, -0.1) is 0 Å². The van der Waals surface area contributed by atoms with Crippen molar-refractivity contribution in [2.75, 3.05) is 135 Å². The highest BCUT2D eigenvalue weighted by Gasteiger charge is 2.17. The molecular formula is C70H126N4O4+4. The zero-order valence-electron chi connectivity index (χ0n) is 54.1.